The van der Waals surface area contributed by atoms with Gasteiger partial charge in [-0.1, -0.05) is 0 Å². The van der Waals surface area contributed by atoms with Gasteiger partial charge < -0.3 is 10.2 Å². The fourth-order valence-electron chi connectivity index (χ4n) is 1.79. The van der Waals surface area contributed by atoms with E-state index in [1.54, 1.807) is 14.0 Å². The van der Waals surface area contributed by atoms with Gasteiger partial charge in [0.1, 0.15) is 16.4 Å². The van der Waals surface area contributed by atoms with Crippen molar-refractivity contribution in [2.24, 2.45) is 5.73 Å². The number of nitrogens with zero attached hydrogens (tertiary/aromatic N) is 1. The first-order valence-electron chi connectivity index (χ1n) is 5.83. The highest BCUT2D eigenvalue weighted by molar-refractivity contribution is 9.10. The third-order valence-corrected chi connectivity index (χ3v) is 6.41. The lowest BCUT2D eigenvalue weighted by atomic mass is 10.4. The molecule has 0 radical (unpaired) electrons. The van der Waals surface area contributed by atoms with E-state index in [9.17, 15) is 8.42 Å². The fourth-order valence-corrected chi connectivity index (χ4v) is 4.71. The summed E-state index contributed by atoms with van der Waals surface area (Å²) in [7, 11) is -2.02. The van der Waals surface area contributed by atoms with Gasteiger partial charge >= 0.3 is 0 Å². The summed E-state index contributed by atoms with van der Waals surface area (Å²) in [5.41, 5.74) is 5.47. The Hall–Kier alpha value is -0.670. The maximum atomic E-state index is 12.5. The average Bonchev–Trinajstić information content (AvgIpc) is 2.95. The smallest absolute Gasteiger partial charge is 0.246 e. The van der Waals surface area contributed by atoms with Crippen molar-refractivity contribution in [1.82, 2.24) is 4.31 Å². The van der Waals surface area contributed by atoms with Gasteiger partial charge in [-0.05, 0) is 28.9 Å². The maximum absolute atomic E-state index is 12.5. The van der Waals surface area contributed by atoms with Crippen molar-refractivity contribution in [2.45, 2.75) is 24.9 Å². The third-order valence-electron chi connectivity index (χ3n) is 2.81. The molecule has 2 aromatic rings. The van der Waals surface area contributed by atoms with Crippen LogP contribution in [0.15, 0.2) is 31.3 Å². The van der Waals surface area contributed by atoms with E-state index in [1.165, 1.54) is 21.7 Å². The van der Waals surface area contributed by atoms with Gasteiger partial charge in [-0.15, -0.1) is 11.3 Å². The Bertz CT molecular complexity index is 706. The van der Waals surface area contributed by atoms with Gasteiger partial charge in [-0.25, -0.2) is 8.42 Å². The minimum absolute atomic E-state index is 0.177. The van der Waals surface area contributed by atoms with Crippen molar-refractivity contribution in [3.63, 3.8) is 0 Å². The molecule has 0 bridgehead atoms. The van der Waals surface area contributed by atoms with E-state index < -0.39 is 10.0 Å². The molecular formula is C12H15BrN2O3S2. The molecule has 0 aliphatic heterocycles. The van der Waals surface area contributed by atoms with Gasteiger partial charge in [0.05, 0.1) is 6.54 Å². The number of aryl methyl sites for hydroxylation is 1. The summed E-state index contributed by atoms with van der Waals surface area (Å²) in [6.45, 7) is 2.13. The van der Waals surface area contributed by atoms with Gasteiger partial charge in [-0.2, -0.15) is 4.31 Å². The first kappa shape index (κ1) is 15.7. The van der Waals surface area contributed by atoms with E-state index in [-0.39, 0.29) is 11.4 Å². The zero-order valence-electron chi connectivity index (χ0n) is 11.1. The summed E-state index contributed by atoms with van der Waals surface area (Å²) in [6, 6.07) is 3.40. The molecule has 2 rings (SSSR count). The Kier molecular flexibility index (Phi) is 4.70. The predicted octanol–water partition coefficient (Wildman–Crippen LogP) is 2.69. The van der Waals surface area contributed by atoms with Gasteiger partial charge in [0.2, 0.25) is 10.0 Å². The van der Waals surface area contributed by atoms with Crippen molar-refractivity contribution >= 4 is 37.3 Å². The topological polar surface area (TPSA) is 76.5 Å². The minimum atomic E-state index is -3.57. The molecule has 0 aliphatic carbocycles. The summed E-state index contributed by atoms with van der Waals surface area (Å²) in [6.07, 6.45) is 0. The van der Waals surface area contributed by atoms with Gasteiger partial charge in [-0.3, -0.25) is 0 Å². The number of thiophene rings is 1. The molecule has 2 heterocycles. The molecule has 0 fully saturated rings. The predicted molar refractivity (Wildman–Crippen MR) is 82.0 cm³/mol. The standard InChI is InChI=1S/C12H15BrN2O3S2/c1-8-12(4-10(5-14)18-8)20(16,17)15(2)6-11-3-9(13)7-19-11/h3-4,7H,5-6,14H2,1-2H3. The van der Waals surface area contributed by atoms with Crippen LogP contribution in [0, 0.1) is 6.92 Å². The lowest BCUT2D eigenvalue weighted by Gasteiger charge is -2.15. The number of sulfonamides is 1. The molecule has 0 amide bonds. The largest absolute Gasteiger partial charge is 0.464 e. The monoisotopic (exact) mass is 378 g/mol. The molecule has 0 aliphatic rings. The summed E-state index contributed by atoms with van der Waals surface area (Å²) in [5, 5.41) is 1.92. The van der Waals surface area contributed by atoms with E-state index in [2.05, 4.69) is 15.9 Å². The second-order valence-electron chi connectivity index (χ2n) is 4.33. The molecule has 20 heavy (non-hydrogen) atoms. The zero-order valence-corrected chi connectivity index (χ0v) is 14.3. The number of furan rings is 1. The molecule has 2 N–H and O–H groups in total. The Morgan fingerprint density at radius 1 is 1.45 bits per heavy atom. The van der Waals surface area contributed by atoms with Crippen LogP contribution in [0.4, 0.5) is 0 Å². The molecule has 0 atom stereocenters. The average molecular weight is 379 g/mol. The highest BCUT2D eigenvalue weighted by atomic mass is 79.9. The molecule has 0 aromatic carbocycles. The maximum Gasteiger partial charge on any atom is 0.246 e. The molecule has 5 nitrogen and oxygen atoms in total. The van der Waals surface area contributed by atoms with E-state index >= 15 is 0 Å². The molecule has 0 saturated carbocycles. The second kappa shape index (κ2) is 5.98. The van der Waals surface area contributed by atoms with E-state index in [4.69, 9.17) is 10.2 Å². The lowest BCUT2D eigenvalue weighted by Crippen LogP contribution is -2.26. The minimum Gasteiger partial charge on any atom is -0.464 e. The van der Waals surface area contributed by atoms with Crippen LogP contribution in [0.3, 0.4) is 0 Å². The van der Waals surface area contributed by atoms with E-state index in [1.807, 2.05) is 11.4 Å². The van der Waals surface area contributed by atoms with Crippen LogP contribution in [-0.2, 0) is 23.1 Å². The summed E-state index contributed by atoms with van der Waals surface area (Å²) < 4.78 is 32.6. The molecule has 0 unspecified atom stereocenters. The summed E-state index contributed by atoms with van der Waals surface area (Å²) in [4.78, 5) is 1.14. The highest BCUT2D eigenvalue weighted by Crippen LogP contribution is 2.26. The van der Waals surface area contributed by atoms with Gasteiger partial charge in [0, 0.05) is 34.4 Å². The Morgan fingerprint density at radius 3 is 2.65 bits per heavy atom. The molecule has 8 heteroatoms. The second-order valence-corrected chi connectivity index (χ2v) is 8.25. The number of hydrogen-bond donors (Lipinski definition) is 1. The van der Waals surface area contributed by atoms with E-state index in [0.717, 1.165) is 9.35 Å². The first-order valence-corrected chi connectivity index (χ1v) is 8.94. The van der Waals surface area contributed by atoms with Crippen LogP contribution < -0.4 is 5.73 Å². The number of halogens is 1. The van der Waals surface area contributed by atoms with Gasteiger partial charge in [0.25, 0.3) is 0 Å². The van der Waals surface area contributed by atoms with Crippen molar-refractivity contribution < 1.29 is 12.8 Å². The quantitative estimate of drug-likeness (QED) is 0.867. The Morgan fingerprint density at radius 2 is 2.15 bits per heavy atom. The zero-order chi connectivity index (χ0) is 14.9. The van der Waals surface area contributed by atoms with Gasteiger partial charge in [0.15, 0.2) is 0 Å². The van der Waals surface area contributed by atoms with Crippen LogP contribution in [0.1, 0.15) is 16.4 Å². The molecular weight excluding hydrogens is 364 g/mol. The van der Waals surface area contributed by atoms with Crippen LogP contribution >= 0.6 is 27.3 Å². The molecule has 110 valence electrons. The Labute approximate surface area is 130 Å². The SMILES string of the molecule is Cc1oc(CN)cc1S(=O)(=O)N(C)Cc1cc(Br)cs1. The van der Waals surface area contributed by atoms with Crippen LogP contribution in [0.2, 0.25) is 0 Å². The number of nitrogens with two attached hydrogens (primary N) is 1. The first-order chi connectivity index (χ1) is 9.34. The van der Waals surface area contributed by atoms with Crippen molar-refractivity contribution in [1.29, 1.82) is 0 Å². The van der Waals surface area contributed by atoms with Crippen LogP contribution in [0.25, 0.3) is 0 Å². The number of rotatable bonds is 5. The van der Waals surface area contributed by atoms with Crippen molar-refractivity contribution in [3.05, 3.63) is 38.4 Å². The fraction of sp³-hybridized carbons (Fsp3) is 0.333. The third kappa shape index (κ3) is 3.15. The molecule has 0 spiro atoms. The summed E-state index contributed by atoms with van der Waals surface area (Å²) in [5.74, 6) is 0.831. The van der Waals surface area contributed by atoms with Crippen molar-refractivity contribution in [3.8, 4) is 0 Å². The molecule has 2 aromatic heterocycles. The number of hydrogen-bond acceptors (Lipinski definition) is 5. The van der Waals surface area contributed by atoms with Crippen molar-refractivity contribution in [2.75, 3.05) is 7.05 Å². The normalized spacial score (nSPS) is 12.2. The molecule has 0 saturated heterocycles. The van der Waals surface area contributed by atoms with E-state index in [0.29, 0.717) is 18.1 Å². The Balaban J connectivity index is 2.26. The van der Waals surface area contributed by atoms with Crippen LogP contribution in [-0.4, -0.2) is 19.8 Å². The lowest BCUT2D eigenvalue weighted by molar-refractivity contribution is 0.458. The highest BCUT2D eigenvalue weighted by Gasteiger charge is 2.26. The van der Waals surface area contributed by atoms with Crippen LogP contribution in [0.5, 0.6) is 0 Å². The summed E-state index contributed by atoms with van der Waals surface area (Å²) >= 11 is 4.86.